The molecule has 5 heteroatoms. The van der Waals surface area contributed by atoms with E-state index in [4.69, 9.17) is 9.47 Å². The number of amides is 1. The average molecular weight is 335 g/mol. The highest BCUT2D eigenvalue weighted by Gasteiger charge is 2.27. The normalized spacial score (nSPS) is 11.8. The van der Waals surface area contributed by atoms with Crippen LogP contribution in [0.4, 0.5) is 0 Å². The summed E-state index contributed by atoms with van der Waals surface area (Å²) >= 11 is 0. The Labute approximate surface area is 144 Å². The van der Waals surface area contributed by atoms with Crippen LogP contribution in [0.5, 0.6) is 5.75 Å². The Hall–Kier alpha value is -2.04. The lowest BCUT2D eigenvalue weighted by Gasteiger charge is -2.33. The van der Waals surface area contributed by atoms with Gasteiger partial charge in [0.1, 0.15) is 5.75 Å². The minimum Gasteiger partial charge on any atom is -0.494 e. The average Bonchev–Trinajstić information content (AvgIpc) is 2.42. The molecule has 0 atom stereocenters. The van der Waals surface area contributed by atoms with Crippen molar-refractivity contribution in [1.29, 1.82) is 0 Å². The summed E-state index contributed by atoms with van der Waals surface area (Å²) in [7, 11) is 0. The highest BCUT2D eigenvalue weighted by molar-refractivity contribution is 5.91. The van der Waals surface area contributed by atoms with Crippen LogP contribution in [0, 0.1) is 5.41 Å². The second-order valence-corrected chi connectivity index (χ2v) is 7.70. The van der Waals surface area contributed by atoms with E-state index in [1.165, 1.54) is 0 Å². The SMILES string of the molecule is CCOc1ccc(C(=O)OCC(=O)NC(C)(C)CC(C)(C)C)cc1. The maximum Gasteiger partial charge on any atom is 0.338 e. The molecule has 0 radical (unpaired) electrons. The van der Waals surface area contributed by atoms with Crippen LogP contribution in [0.1, 0.15) is 58.3 Å². The third-order valence-corrected chi connectivity index (χ3v) is 3.19. The molecule has 0 aliphatic heterocycles. The summed E-state index contributed by atoms with van der Waals surface area (Å²) in [5, 5.41) is 2.91. The number of ether oxygens (including phenoxy) is 2. The van der Waals surface area contributed by atoms with Gasteiger partial charge in [-0.15, -0.1) is 0 Å². The van der Waals surface area contributed by atoms with Gasteiger partial charge in [0.05, 0.1) is 12.2 Å². The van der Waals surface area contributed by atoms with Crippen molar-refractivity contribution in [3.63, 3.8) is 0 Å². The van der Waals surface area contributed by atoms with Crippen LogP contribution in [0.25, 0.3) is 0 Å². The number of nitrogens with one attached hydrogen (secondary N) is 1. The molecule has 1 N–H and O–H groups in total. The topological polar surface area (TPSA) is 64.6 Å². The molecular formula is C19H29NO4. The van der Waals surface area contributed by atoms with E-state index in [2.05, 4.69) is 26.1 Å². The third kappa shape index (κ3) is 7.49. The summed E-state index contributed by atoms with van der Waals surface area (Å²) in [6.07, 6.45) is 0.818. The number of carbonyl (C=O) groups is 2. The molecule has 24 heavy (non-hydrogen) atoms. The molecule has 0 aliphatic carbocycles. The molecule has 1 aromatic carbocycles. The number of benzene rings is 1. The van der Waals surface area contributed by atoms with Gasteiger partial charge in [0.15, 0.2) is 6.61 Å². The van der Waals surface area contributed by atoms with Crippen LogP contribution in [0.3, 0.4) is 0 Å². The first kappa shape index (κ1) is 20.0. The minimum absolute atomic E-state index is 0.0930. The highest BCUT2D eigenvalue weighted by Crippen LogP contribution is 2.26. The standard InChI is InChI=1S/C19H29NO4/c1-7-23-15-10-8-14(9-11-15)17(22)24-12-16(21)20-19(5,6)13-18(2,3)4/h8-11H,7,12-13H2,1-6H3,(H,20,21). The molecular weight excluding hydrogens is 306 g/mol. The predicted octanol–water partition coefficient (Wildman–Crippen LogP) is 3.57. The van der Waals surface area contributed by atoms with Crippen LogP contribution in [0.15, 0.2) is 24.3 Å². The Morgan fingerprint density at radius 2 is 1.62 bits per heavy atom. The van der Waals surface area contributed by atoms with Crippen molar-refractivity contribution in [2.45, 2.75) is 53.5 Å². The molecule has 0 saturated carbocycles. The third-order valence-electron chi connectivity index (χ3n) is 3.19. The summed E-state index contributed by atoms with van der Waals surface area (Å²) in [5.74, 6) is -0.138. The highest BCUT2D eigenvalue weighted by atomic mass is 16.5. The van der Waals surface area contributed by atoms with Gasteiger partial charge in [-0.25, -0.2) is 4.79 Å². The van der Waals surface area contributed by atoms with Gasteiger partial charge >= 0.3 is 5.97 Å². The molecule has 1 aromatic rings. The molecule has 5 nitrogen and oxygen atoms in total. The zero-order valence-corrected chi connectivity index (χ0v) is 15.6. The first-order chi connectivity index (χ1) is 11.0. The van der Waals surface area contributed by atoms with Gasteiger partial charge in [0.2, 0.25) is 0 Å². The second kappa shape index (κ2) is 8.18. The maximum atomic E-state index is 12.0. The van der Waals surface area contributed by atoms with Crippen molar-refractivity contribution in [3.05, 3.63) is 29.8 Å². The van der Waals surface area contributed by atoms with Gasteiger partial charge in [-0.05, 0) is 56.9 Å². The van der Waals surface area contributed by atoms with Gasteiger partial charge in [-0.2, -0.15) is 0 Å². The minimum atomic E-state index is -0.526. The number of esters is 1. The van der Waals surface area contributed by atoms with Crippen LogP contribution in [0.2, 0.25) is 0 Å². The Morgan fingerprint density at radius 1 is 1.04 bits per heavy atom. The Kier molecular flexibility index (Phi) is 6.81. The van der Waals surface area contributed by atoms with Gasteiger partial charge in [0, 0.05) is 5.54 Å². The molecule has 0 fully saturated rings. The van der Waals surface area contributed by atoms with Crippen molar-refractivity contribution in [2.24, 2.45) is 5.41 Å². The second-order valence-electron chi connectivity index (χ2n) is 7.70. The van der Waals surface area contributed by atoms with E-state index < -0.39 is 5.97 Å². The lowest BCUT2D eigenvalue weighted by atomic mass is 9.82. The van der Waals surface area contributed by atoms with Crippen LogP contribution >= 0.6 is 0 Å². The fourth-order valence-electron chi connectivity index (χ4n) is 2.85. The Bertz CT molecular complexity index is 556. The molecule has 0 aliphatic rings. The van der Waals surface area contributed by atoms with E-state index in [9.17, 15) is 9.59 Å². The number of carbonyl (C=O) groups excluding carboxylic acids is 2. The van der Waals surface area contributed by atoms with Crippen LogP contribution < -0.4 is 10.1 Å². The van der Waals surface area contributed by atoms with E-state index in [1.54, 1.807) is 24.3 Å². The fourth-order valence-corrected chi connectivity index (χ4v) is 2.85. The van der Waals surface area contributed by atoms with Gasteiger partial charge in [-0.3, -0.25) is 4.79 Å². The molecule has 1 rings (SSSR count). The van der Waals surface area contributed by atoms with Crippen molar-refractivity contribution >= 4 is 11.9 Å². The van der Waals surface area contributed by atoms with E-state index in [0.29, 0.717) is 17.9 Å². The largest absolute Gasteiger partial charge is 0.494 e. The van der Waals surface area contributed by atoms with Gasteiger partial charge < -0.3 is 14.8 Å². The first-order valence-corrected chi connectivity index (χ1v) is 8.23. The quantitative estimate of drug-likeness (QED) is 0.774. The van der Waals surface area contributed by atoms with Crippen molar-refractivity contribution in [3.8, 4) is 5.75 Å². The molecule has 0 bridgehead atoms. The summed E-state index contributed by atoms with van der Waals surface area (Å²) in [4.78, 5) is 24.0. The molecule has 0 aromatic heterocycles. The monoisotopic (exact) mass is 335 g/mol. The molecule has 0 spiro atoms. The molecule has 1 amide bonds. The van der Waals surface area contributed by atoms with E-state index in [-0.39, 0.29) is 23.5 Å². The summed E-state index contributed by atoms with van der Waals surface area (Å²) in [6.45, 7) is 12.4. The lowest BCUT2D eigenvalue weighted by Crippen LogP contribution is -2.47. The lowest BCUT2D eigenvalue weighted by molar-refractivity contribution is -0.126. The summed E-state index contributed by atoms with van der Waals surface area (Å²) in [5.41, 5.74) is 0.122. The molecule has 0 saturated heterocycles. The number of rotatable bonds is 7. The molecule has 0 heterocycles. The van der Waals surface area contributed by atoms with Crippen molar-refractivity contribution in [2.75, 3.05) is 13.2 Å². The zero-order valence-electron chi connectivity index (χ0n) is 15.6. The predicted molar refractivity (Wildman–Crippen MR) is 94.2 cm³/mol. The molecule has 134 valence electrons. The summed E-state index contributed by atoms with van der Waals surface area (Å²) < 4.78 is 10.4. The van der Waals surface area contributed by atoms with Crippen LogP contribution in [-0.4, -0.2) is 30.6 Å². The number of hydrogen-bond acceptors (Lipinski definition) is 4. The molecule has 0 unspecified atom stereocenters. The van der Waals surface area contributed by atoms with Gasteiger partial charge in [0.25, 0.3) is 5.91 Å². The fraction of sp³-hybridized carbons (Fsp3) is 0.579. The van der Waals surface area contributed by atoms with E-state index in [0.717, 1.165) is 6.42 Å². The zero-order chi connectivity index (χ0) is 18.4. The number of hydrogen-bond donors (Lipinski definition) is 1. The van der Waals surface area contributed by atoms with Crippen molar-refractivity contribution < 1.29 is 19.1 Å². The maximum absolute atomic E-state index is 12.0. The van der Waals surface area contributed by atoms with Gasteiger partial charge in [-0.1, -0.05) is 20.8 Å². The van der Waals surface area contributed by atoms with E-state index in [1.807, 2.05) is 20.8 Å². The Balaban J connectivity index is 2.50. The van der Waals surface area contributed by atoms with E-state index >= 15 is 0 Å². The first-order valence-electron chi connectivity index (χ1n) is 8.23. The van der Waals surface area contributed by atoms with Crippen molar-refractivity contribution in [1.82, 2.24) is 5.32 Å². The van der Waals surface area contributed by atoms with Crippen LogP contribution in [-0.2, 0) is 9.53 Å². The Morgan fingerprint density at radius 3 is 2.12 bits per heavy atom. The summed E-state index contributed by atoms with van der Waals surface area (Å²) in [6, 6.07) is 6.64. The smallest absolute Gasteiger partial charge is 0.338 e.